The minimum atomic E-state index is -1.13. The number of rotatable bonds is 1. The van der Waals surface area contributed by atoms with Crippen molar-refractivity contribution in [3.63, 3.8) is 0 Å². The van der Waals surface area contributed by atoms with E-state index in [0.29, 0.717) is 30.3 Å². The molecule has 92 valence electrons. The second-order valence-electron chi connectivity index (χ2n) is 3.80. The van der Waals surface area contributed by atoms with Gasteiger partial charge in [-0.15, -0.1) is 0 Å². The molecule has 0 saturated carbocycles. The van der Waals surface area contributed by atoms with E-state index in [-0.39, 0.29) is 0 Å². The minimum absolute atomic E-state index is 0.390. The van der Waals surface area contributed by atoms with Gasteiger partial charge in [-0.25, -0.2) is 14.8 Å². The first-order valence-electron chi connectivity index (χ1n) is 5.38. The molecule has 7 nitrogen and oxygen atoms in total. The van der Waals surface area contributed by atoms with Crippen molar-refractivity contribution in [2.24, 2.45) is 0 Å². The molecular formula is C11H10N4O3. The van der Waals surface area contributed by atoms with Gasteiger partial charge >= 0.3 is 6.09 Å². The molecule has 18 heavy (non-hydrogen) atoms. The van der Waals surface area contributed by atoms with Crippen LogP contribution in [-0.4, -0.2) is 32.3 Å². The summed E-state index contributed by atoms with van der Waals surface area (Å²) in [6, 6.07) is 1.67. The second kappa shape index (κ2) is 4.02. The summed E-state index contributed by atoms with van der Waals surface area (Å²) in [4.78, 5) is 19.0. The Balaban J connectivity index is 2.10. The molecule has 2 aromatic rings. The van der Waals surface area contributed by atoms with E-state index < -0.39 is 6.09 Å². The van der Waals surface area contributed by atoms with Crippen molar-refractivity contribution in [3.05, 3.63) is 24.7 Å². The van der Waals surface area contributed by atoms with Gasteiger partial charge in [0.25, 0.3) is 0 Å². The Kier molecular flexibility index (Phi) is 2.36. The first kappa shape index (κ1) is 10.6. The summed E-state index contributed by atoms with van der Waals surface area (Å²) in [5.74, 6) is 1.19. The molecule has 3 heterocycles. The third-order valence-corrected chi connectivity index (χ3v) is 2.63. The van der Waals surface area contributed by atoms with Crippen LogP contribution >= 0.6 is 0 Å². The van der Waals surface area contributed by atoms with Crippen LogP contribution in [0.5, 0.6) is 5.88 Å². The van der Waals surface area contributed by atoms with Crippen molar-refractivity contribution >= 4 is 11.8 Å². The lowest BCUT2D eigenvalue weighted by Crippen LogP contribution is -2.08. The first-order chi connectivity index (χ1) is 8.74. The van der Waals surface area contributed by atoms with E-state index in [4.69, 9.17) is 9.84 Å². The van der Waals surface area contributed by atoms with Gasteiger partial charge in [-0.3, -0.25) is 5.32 Å². The summed E-state index contributed by atoms with van der Waals surface area (Å²) in [7, 11) is 0. The van der Waals surface area contributed by atoms with E-state index in [9.17, 15) is 4.79 Å². The highest BCUT2D eigenvalue weighted by Gasteiger charge is 2.18. The van der Waals surface area contributed by atoms with Gasteiger partial charge in [0.15, 0.2) is 0 Å². The molecule has 0 spiro atoms. The number of imidazole rings is 1. The fraction of sp³-hybridized carbons (Fsp3) is 0.182. The van der Waals surface area contributed by atoms with Crippen LogP contribution in [0.25, 0.3) is 11.4 Å². The highest BCUT2D eigenvalue weighted by atomic mass is 16.5. The van der Waals surface area contributed by atoms with Gasteiger partial charge in [-0.1, -0.05) is 0 Å². The molecule has 7 heteroatoms. The van der Waals surface area contributed by atoms with Crippen molar-refractivity contribution in [2.45, 2.75) is 6.54 Å². The minimum Gasteiger partial charge on any atom is -0.475 e. The van der Waals surface area contributed by atoms with E-state index in [0.717, 1.165) is 5.82 Å². The van der Waals surface area contributed by atoms with E-state index >= 15 is 0 Å². The second-order valence-corrected chi connectivity index (χ2v) is 3.80. The predicted octanol–water partition coefficient (Wildman–Crippen LogP) is 1.43. The van der Waals surface area contributed by atoms with Gasteiger partial charge in [-0.2, -0.15) is 0 Å². The van der Waals surface area contributed by atoms with Crippen LogP contribution in [0.15, 0.2) is 24.7 Å². The van der Waals surface area contributed by atoms with E-state index in [1.54, 1.807) is 12.3 Å². The lowest BCUT2D eigenvalue weighted by Gasteiger charge is -2.07. The Morgan fingerprint density at radius 3 is 3.22 bits per heavy atom. The number of fused-ring (bicyclic) bond motifs is 3. The summed E-state index contributed by atoms with van der Waals surface area (Å²) in [6.07, 6.45) is 3.84. The van der Waals surface area contributed by atoms with Crippen LogP contribution in [-0.2, 0) is 6.54 Å². The topological polar surface area (TPSA) is 89.3 Å². The van der Waals surface area contributed by atoms with Crippen LogP contribution in [0.1, 0.15) is 0 Å². The maximum atomic E-state index is 10.6. The SMILES string of the molecule is O=C(O)Nc1cnc2c(c1)-c1nccn1CCO2. The molecule has 1 aliphatic heterocycles. The van der Waals surface area contributed by atoms with Gasteiger partial charge in [0, 0.05) is 12.4 Å². The maximum Gasteiger partial charge on any atom is 0.409 e. The summed E-state index contributed by atoms with van der Waals surface area (Å²) in [5, 5.41) is 11.0. The van der Waals surface area contributed by atoms with Gasteiger partial charge in [0.1, 0.15) is 12.4 Å². The van der Waals surface area contributed by atoms with Gasteiger partial charge < -0.3 is 14.4 Å². The lowest BCUT2D eigenvalue weighted by atomic mass is 10.2. The molecule has 2 aromatic heterocycles. The fourth-order valence-electron chi connectivity index (χ4n) is 1.89. The first-order valence-corrected chi connectivity index (χ1v) is 5.38. The number of amides is 1. The van der Waals surface area contributed by atoms with Crippen molar-refractivity contribution in [1.29, 1.82) is 0 Å². The van der Waals surface area contributed by atoms with Gasteiger partial charge in [0.2, 0.25) is 5.88 Å². The third-order valence-electron chi connectivity index (χ3n) is 2.63. The van der Waals surface area contributed by atoms with Crippen LogP contribution in [0.2, 0.25) is 0 Å². The van der Waals surface area contributed by atoms with E-state index in [1.807, 2.05) is 10.8 Å². The number of pyridine rings is 1. The zero-order valence-corrected chi connectivity index (χ0v) is 9.33. The zero-order valence-electron chi connectivity index (χ0n) is 9.33. The smallest absolute Gasteiger partial charge is 0.409 e. The number of nitrogens with zero attached hydrogens (tertiary/aromatic N) is 3. The molecule has 1 aliphatic rings. The number of hydrogen-bond acceptors (Lipinski definition) is 4. The van der Waals surface area contributed by atoms with Crippen molar-refractivity contribution in [1.82, 2.24) is 14.5 Å². The fourth-order valence-corrected chi connectivity index (χ4v) is 1.89. The molecule has 3 rings (SSSR count). The molecule has 0 fully saturated rings. The molecule has 0 atom stereocenters. The Labute approximate surface area is 102 Å². The Morgan fingerprint density at radius 2 is 2.39 bits per heavy atom. The summed E-state index contributed by atoms with van der Waals surface area (Å²) >= 11 is 0. The van der Waals surface area contributed by atoms with Crippen LogP contribution < -0.4 is 10.1 Å². The molecule has 0 aromatic carbocycles. The lowest BCUT2D eigenvalue weighted by molar-refractivity contribution is 0.209. The molecule has 0 bridgehead atoms. The molecular weight excluding hydrogens is 236 g/mol. The molecule has 1 amide bonds. The van der Waals surface area contributed by atoms with Crippen LogP contribution in [0.4, 0.5) is 10.5 Å². The summed E-state index contributed by atoms with van der Waals surface area (Å²) < 4.78 is 7.44. The summed E-state index contributed by atoms with van der Waals surface area (Å²) in [6.45, 7) is 1.20. The van der Waals surface area contributed by atoms with Crippen LogP contribution in [0, 0.1) is 0 Å². The number of carbonyl (C=O) groups is 1. The molecule has 0 unspecified atom stereocenters. The average molecular weight is 246 g/mol. The normalized spacial score (nSPS) is 12.9. The molecule has 0 radical (unpaired) electrons. The third kappa shape index (κ3) is 1.75. The number of ether oxygens (including phenoxy) is 1. The number of carboxylic acid groups (broad SMARTS) is 1. The van der Waals surface area contributed by atoms with Crippen molar-refractivity contribution < 1.29 is 14.6 Å². The Morgan fingerprint density at radius 1 is 1.50 bits per heavy atom. The van der Waals surface area contributed by atoms with Crippen LogP contribution in [0.3, 0.4) is 0 Å². The maximum absolute atomic E-state index is 10.6. The number of hydrogen-bond donors (Lipinski definition) is 2. The van der Waals surface area contributed by atoms with Gasteiger partial charge in [0.05, 0.1) is 24.0 Å². The van der Waals surface area contributed by atoms with Crippen molar-refractivity contribution in [3.8, 4) is 17.3 Å². The highest BCUT2D eigenvalue weighted by molar-refractivity contribution is 5.84. The molecule has 0 saturated heterocycles. The number of aromatic nitrogens is 3. The Bertz CT molecular complexity index is 608. The van der Waals surface area contributed by atoms with Crippen molar-refractivity contribution in [2.75, 3.05) is 11.9 Å². The largest absolute Gasteiger partial charge is 0.475 e. The average Bonchev–Trinajstić information content (AvgIpc) is 2.72. The predicted molar refractivity (Wildman–Crippen MR) is 62.6 cm³/mol. The highest BCUT2D eigenvalue weighted by Crippen LogP contribution is 2.31. The summed E-state index contributed by atoms with van der Waals surface area (Å²) in [5.41, 5.74) is 1.07. The quantitative estimate of drug-likeness (QED) is 0.794. The Hall–Kier alpha value is -2.57. The zero-order chi connectivity index (χ0) is 12.5. The number of nitrogens with one attached hydrogen (secondary N) is 1. The van der Waals surface area contributed by atoms with E-state index in [2.05, 4.69) is 15.3 Å². The molecule has 2 N–H and O–H groups in total. The standard InChI is InChI=1S/C11H10N4O3/c16-11(17)14-7-5-8-9-12-1-2-15(9)3-4-18-10(8)13-6-7/h1-2,5-6,14H,3-4H2,(H,16,17). The van der Waals surface area contributed by atoms with E-state index in [1.165, 1.54) is 6.20 Å². The molecule has 0 aliphatic carbocycles. The number of anilines is 1. The van der Waals surface area contributed by atoms with Gasteiger partial charge in [-0.05, 0) is 6.07 Å². The monoisotopic (exact) mass is 246 g/mol.